The maximum atomic E-state index is 11.9. The van der Waals surface area contributed by atoms with Crippen LogP contribution in [0.15, 0.2) is 47.6 Å². The Bertz CT molecular complexity index is 804. The summed E-state index contributed by atoms with van der Waals surface area (Å²) >= 11 is 0. The molecule has 0 aliphatic heterocycles. The van der Waals surface area contributed by atoms with Crippen LogP contribution < -0.4 is 25.1 Å². The molecule has 1 amide bonds. The van der Waals surface area contributed by atoms with Crippen molar-refractivity contribution >= 4 is 17.8 Å². The highest BCUT2D eigenvalue weighted by molar-refractivity contribution is 5.82. The van der Waals surface area contributed by atoms with Crippen molar-refractivity contribution in [3.8, 4) is 11.5 Å². The monoisotopic (exact) mass is 398 g/mol. The largest absolute Gasteiger partial charge is 0.493 e. The quantitative estimate of drug-likeness (QED) is 0.345. The number of carbonyl (C=O) groups excluding carboxylic acids is 1. The molecule has 156 valence electrons. The Hall–Kier alpha value is -3.06. The maximum Gasteiger partial charge on any atom is 0.241 e. The average Bonchev–Trinajstić information content (AvgIpc) is 2.73. The lowest BCUT2D eigenvalue weighted by Gasteiger charge is -2.11. The smallest absolute Gasteiger partial charge is 0.241 e. The lowest BCUT2D eigenvalue weighted by molar-refractivity contribution is -0.120. The first-order chi connectivity index (χ1) is 14.0. The van der Waals surface area contributed by atoms with Crippen LogP contribution in [-0.4, -0.2) is 53.5 Å². The Morgan fingerprint density at radius 1 is 1.03 bits per heavy atom. The van der Waals surface area contributed by atoms with Gasteiger partial charge in [-0.2, -0.15) is 5.10 Å². The molecule has 2 aromatic rings. The molecule has 7 heteroatoms. The van der Waals surface area contributed by atoms with E-state index < -0.39 is 0 Å². The first kappa shape index (κ1) is 22.2. The minimum atomic E-state index is -0.121. The summed E-state index contributed by atoms with van der Waals surface area (Å²) in [5, 5.41) is 7.27. The first-order valence-corrected chi connectivity index (χ1v) is 9.54. The molecule has 0 aliphatic rings. The third kappa shape index (κ3) is 7.46. The first-order valence-electron chi connectivity index (χ1n) is 9.54. The molecule has 0 unspecified atom stereocenters. The number of nitrogens with one attached hydrogen (secondary N) is 2. The van der Waals surface area contributed by atoms with Crippen LogP contribution in [0.25, 0.3) is 0 Å². The zero-order valence-corrected chi connectivity index (χ0v) is 17.6. The predicted octanol–water partition coefficient (Wildman–Crippen LogP) is 2.44. The van der Waals surface area contributed by atoms with Gasteiger partial charge < -0.3 is 19.7 Å². The molecular formula is C22H30N4O3. The molecule has 2 N–H and O–H groups in total. The molecule has 7 nitrogen and oxygen atoms in total. The molecule has 0 spiro atoms. The van der Waals surface area contributed by atoms with Crippen LogP contribution in [0.1, 0.15) is 17.5 Å². The lowest BCUT2D eigenvalue weighted by atomic mass is 10.1. The number of nitrogens with zero attached hydrogens (tertiary/aromatic N) is 2. The predicted molar refractivity (Wildman–Crippen MR) is 117 cm³/mol. The molecule has 0 aromatic heterocycles. The molecule has 0 saturated heterocycles. The standard InChI is InChI=1S/C22H30N4O3/c1-26(2)19-8-5-18(6-9-19)16-24-25-22(27)12-14-23-13-11-17-7-10-20(28-3)21(15-17)29-4/h5-10,15-16,23H,11-14H2,1-4H3,(H,25,27)/b24-16-. The average molecular weight is 399 g/mol. The summed E-state index contributed by atoms with van der Waals surface area (Å²) in [4.78, 5) is 13.9. The summed E-state index contributed by atoms with van der Waals surface area (Å²) in [6.07, 6.45) is 2.84. The summed E-state index contributed by atoms with van der Waals surface area (Å²) in [5.41, 5.74) is 5.75. The molecular weight excluding hydrogens is 368 g/mol. The number of hydrazone groups is 1. The van der Waals surface area contributed by atoms with Gasteiger partial charge in [0.25, 0.3) is 0 Å². The van der Waals surface area contributed by atoms with E-state index in [9.17, 15) is 4.79 Å². The van der Waals surface area contributed by atoms with Gasteiger partial charge in [0.1, 0.15) is 0 Å². The van der Waals surface area contributed by atoms with Crippen LogP contribution in [0.4, 0.5) is 5.69 Å². The van der Waals surface area contributed by atoms with E-state index in [-0.39, 0.29) is 5.91 Å². The molecule has 2 rings (SSSR count). The van der Waals surface area contributed by atoms with E-state index in [0.717, 1.165) is 41.3 Å². The number of rotatable bonds is 11. The Morgan fingerprint density at radius 2 is 1.76 bits per heavy atom. The van der Waals surface area contributed by atoms with Crippen LogP contribution >= 0.6 is 0 Å². The van der Waals surface area contributed by atoms with E-state index in [2.05, 4.69) is 15.8 Å². The van der Waals surface area contributed by atoms with Crippen molar-refractivity contribution < 1.29 is 14.3 Å². The number of hydrogen-bond acceptors (Lipinski definition) is 6. The van der Waals surface area contributed by atoms with Crippen molar-refractivity contribution in [2.45, 2.75) is 12.8 Å². The zero-order valence-electron chi connectivity index (χ0n) is 17.6. The highest BCUT2D eigenvalue weighted by atomic mass is 16.5. The SMILES string of the molecule is COc1ccc(CCNCCC(=O)N/N=C\c2ccc(N(C)C)cc2)cc1OC. The molecule has 0 radical (unpaired) electrons. The lowest BCUT2D eigenvalue weighted by Crippen LogP contribution is -2.25. The van der Waals surface area contributed by atoms with Crippen molar-refractivity contribution in [3.63, 3.8) is 0 Å². The van der Waals surface area contributed by atoms with Gasteiger partial charge in [0.2, 0.25) is 5.91 Å². The summed E-state index contributed by atoms with van der Waals surface area (Å²) < 4.78 is 10.5. The van der Waals surface area contributed by atoms with Crippen LogP contribution in [0.3, 0.4) is 0 Å². The summed E-state index contributed by atoms with van der Waals surface area (Å²) in [6.45, 7) is 1.36. The van der Waals surface area contributed by atoms with Gasteiger partial charge in [0.05, 0.1) is 20.4 Å². The Morgan fingerprint density at radius 3 is 2.41 bits per heavy atom. The van der Waals surface area contributed by atoms with Gasteiger partial charge in [-0.3, -0.25) is 4.79 Å². The number of anilines is 1. The van der Waals surface area contributed by atoms with Crippen molar-refractivity contribution in [1.29, 1.82) is 0 Å². The Balaban J connectivity index is 1.64. The van der Waals surface area contributed by atoms with Crippen molar-refractivity contribution in [3.05, 3.63) is 53.6 Å². The number of hydrogen-bond donors (Lipinski definition) is 2. The van der Waals surface area contributed by atoms with Crippen LogP contribution in [-0.2, 0) is 11.2 Å². The van der Waals surface area contributed by atoms with E-state index in [1.165, 1.54) is 0 Å². The van der Waals surface area contributed by atoms with E-state index in [1.54, 1.807) is 20.4 Å². The van der Waals surface area contributed by atoms with Gasteiger partial charge in [-0.05, 0) is 48.4 Å². The maximum absolute atomic E-state index is 11.9. The fourth-order valence-corrected chi connectivity index (χ4v) is 2.69. The van der Waals surface area contributed by atoms with Crippen LogP contribution in [0.2, 0.25) is 0 Å². The van der Waals surface area contributed by atoms with Crippen molar-refractivity contribution in [1.82, 2.24) is 10.7 Å². The third-order valence-electron chi connectivity index (χ3n) is 4.38. The number of methoxy groups -OCH3 is 2. The van der Waals surface area contributed by atoms with E-state index in [1.807, 2.05) is 61.5 Å². The second-order valence-electron chi connectivity index (χ2n) is 6.72. The van der Waals surface area contributed by atoms with Gasteiger partial charge in [0.15, 0.2) is 11.5 Å². The molecule has 0 bridgehead atoms. The Labute approximate surface area is 172 Å². The van der Waals surface area contributed by atoms with Gasteiger partial charge in [-0.15, -0.1) is 0 Å². The highest BCUT2D eigenvalue weighted by Gasteiger charge is 2.04. The fraction of sp³-hybridized carbons (Fsp3) is 0.364. The van der Waals surface area contributed by atoms with Gasteiger partial charge in [-0.1, -0.05) is 18.2 Å². The summed E-state index contributed by atoms with van der Waals surface area (Å²) in [7, 11) is 7.23. The molecule has 0 fully saturated rings. The highest BCUT2D eigenvalue weighted by Crippen LogP contribution is 2.27. The third-order valence-corrected chi connectivity index (χ3v) is 4.38. The molecule has 0 atom stereocenters. The molecule has 0 aliphatic carbocycles. The zero-order chi connectivity index (χ0) is 21.1. The second-order valence-corrected chi connectivity index (χ2v) is 6.72. The fourth-order valence-electron chi connectivity index (χ4n) is 2.69. The number of amides is 1. The van der Waals surface area contributed by atoms with Crippen molar-refractivity contribution in [2.24, 2.45) is 5.10 Å². The van der Waals surface area contributed by atoms with Crippen LogP contribution in [0, 0.1) is 0 Å². The normalized spacial score (nSPS) is 10.8. The molecule has 2 aromatic carbocycles. The van der Waals surface area contributed by atoms with Gasteiger partial charge >= 0.3 is 0 Å². The summed E-state index contributed by atoms with van der Waals surface area (Å²) in [5.74, 6) is 1.32. The van der Waals surface area contributed by atoms with E-state index >= 15 is 0 Å². The van der Waals surface area contributed by atoms with E-state index in [4.69, 9.17) is 9.47 Å². The topological polar surface area (TPSA) is 75.2 Å². The number of benzene rings is 2. The van der Waals surface area contributed by atoms with Crippen LogP contribution in [0.5, 0.6) is 11.5 Å². The minimum Gasteiger partial charge on any atom is -0.493 e. The van der Waals surface area contributed by atoms with E-state index in [0.29, 0.717) is 13.0 Å². The summed E-state index contributed by atoms with van der Waals surface area (Å²) in [6, 6.07) is 13.8. The molecule has 0 heterocycles. The number of carbonyl (C=O) groups is 1. The van der Waals surface area contributed by atoms with Crippen molar-refractivity contribution in [2.75, 3.05) is 46.3 Å². The molecule has 29 heavy (non-hydrogen) atoms. The van der Waals surface area contributed by atoms with Gasteiger partial charge in [0, 0.05) is 32.7 Å². The van der Waals surface area contributed by atoms with Gasteiger partial charge in [-0.25, -0.2) is 5.43 Å². The number of ether oxygens (including phenoxy) is 2. The second kappa shape index (κ2) is 11.7. The molecule has 0 saturated carbocycles. The minimum absolute atomic E-state index is 0.121. The Kier molecular flexibility index (Phi) is 8.98.